The summed E-state index contributed by atoms with van der Waals surface area (Å²) in [4.78, 5) is 12.4. The third-order valence-electron chi connectivity index (χ3n) is 3.50. The van der Waals surface area contributed by atoms with E-state index in [1.165, 1.54) is 0 Å². The van der Waals surface area contributed by atoms with Gasteiger partial charge in [-0.05, 0) is 42.0 Å². The number of carbonyl (C=O) groups is 1. The Morgan fingerprint density at radius 3 is 2.67 bits per heavy atom. The van der Waals surface area contributed by atoms with E-state index in [0.717, 1.165) is 17.0 Å². The van der Waals surface area contributed by atoms with E-state index in [1.807, 2.05) is 71.6 Å². The highest BCUT2D eigenvalue weighted by Gasteiger charge is 2.10. The van der Waals surface area contributed by atoms with Crippen molar-refractivity contribution in [2.24, 2.45) is 5.10 Å². The fraction of sp³-hybridized carbons (Fsp3) is 0.0526. The van der Waals surface area contributed by atoms with E-state index >= 15 is 0 Å². The molecule has 0 saturated carbocycles. The SMILES string of the molecule is COc1cccc(C=NNC(=O)c2ccccc2-n2cccc2)c1. The fourth-order valence-electron chi connectivity index (χ4n) is 2.33. The van der Waals surface area contributed by atoms with Crippen molar-refractivity contribution < 1.29 is 9.53 Å². The first-order valence-corrected chi connectivity index (χ1v) is 7.48. The van der Waals surface area contributed by atoms with Crippen molar-refractivity contribution in [3.8, 4) is 11.4 Å². The molecule has 0 aliphatic rings. The van der Waals surface area contributed by atoms with Gasteiger partial charge >= 0.3 is 0 Å². The molecule has 0 radical (unpaired) electrons. The fourth-order valence-corrected chi connectivity index (χ4v) is 2.33. The van der Waals surface area contributed by atoms with Gasteiger partial charge in [-0.1, -0.05) is 24.3 Å². The average Bonchev–Trinajstić information content (AvgIpc) is 3.16. The summed E-state index contributed by atoms with van der Waals surface area (Å²) >= 11 is 0. The van der Waals surface area contributed by atoms with E-state index in [4.69, 9.17) is 4.74 Å². The molecule has 0 aliphatic heterocycles. The molecular formula is C19H17N3O2. The van der Waals surface area contributed by atoms with Crippen molar-refractivity contribution in [2.75, 3.05) is 7.11 Å². The number of hydrogen-bond acceptors (Lipinski definition) is 3. The van der Waals surface area contributed by atoms with Gasteiger partial charge in [0.1, 0.15) is 5.75 Å². The van der Waals surface area contributed by atoms with E-state index < -0.39 is 0 Å². The van der Waals surface area contributed by atoms with Crippen LogP contribution in [0.4, 0.5) is 0 Å². The minimum Gasteiger partial charge on any atom is -0.497 e. The molecule has 1 heterocycles. The second kappa shape index (κ2) is 7.28. The van der Waals surface area contributed by atoms with Crippen molar-refractivity contribution in [3.63, 3.8) is 0 Å². The topological polar surface area (TPSA) is 55.6 Å². The van der Waals surface area contributed by atoms with Crippen molar-refractivity contribution in [2.45, 2.75) is 0 Å². The normalized spacial score (nSPS) is 10.7. The molecule has 1 aromatic heterocycles. The number of ether oxygens (including phenoxy) is 1. The minimum absolute atomic E-state index is 0.265. The molecule has 120 valence electrons. The maximum atomic E-state index is 12.4. The second-order valence-electron chi connectivity index (χ2n) is 5.08. The summed E-state index contributed by atoms with van der Waals surface area (Å²) in [6, 6.07) is 18.6. The van der Waals surface area contributed by atoms with Crippen LogP contribution in [0.5, 0.6) is 5.75 Å². The summed E-state index contributed by atoms with van der Waals surface area (Å²) in [6.07, 6.45) is 5.37. The van der Waals surface area contributed by atoms with Crippen LogP contribution in [0, 0.1) is 0 Å². The molecule has 0 spiro atoms. The molecule has 3 aromatic rings. The zero-order chi connectivity index (χ0) is 16.8. The lowest BCUT2D eigenvalue weighted by atomic mass is 10.1. The molecule has 0 aliphatic carbocycles. The van der Waals surface area contributed by atoms with Crippen LogP contribution >= 0.6 is 0 Å². The number of carbonyl (C=O) groups excluding carboxylic acids is 1. The number of benzene rings is 2. The highest BCUT2D eigenvalue weighted by Crippen LogP contribution is 2.14. The summed E-state index contributed by atoms with van der Waals surface area (Å²) in [5.41, 5.74) is 4.76. The molecule has 0 bridgehead atoms. The van der Waals surface area contributed by atoms with Crippen LogP contribution in [-0.2, 0) is 0 Å². The lowest BCUT2D eigenvalue weighted by Gasteiger charge is -2.09. The third kappa shape index (κ3) is 3.52. The first kappa shape index (κ1) is 15.6. The average molecular weight is 319 g/mol. The van der Waals surface area contributed by atoms with E-state index in [1.54, 1.807) is 19.4 Å². The van der Waals surface area contributed by atoms with Crippen LogP contribution in [0.25, 0.3) is 5.69 Å². The first-order valence-electron chi connectivity index (χ1n) is 7.48. The minimum atomic E-state index is -0.265. The van der Waals surface area contributed by atoms with Crippen LogP contribution in [0.2, 0.25) is 0 Å². The Labute approximate surface area is 140 Å². The monoisotopic (exact) mass is 319 g/mol. The zero-order valence-electron chi connectivity index (χ0n) is 13.2. The Hall–Kier alpha value is -3.34. The molecule has 5 nitrogen and oxygen atoms in total. The third-order valence-corrected chi connectivity index (χ3v) is 3.50. The highest BCUT2D eigenvalue weighted by molar-refractivity contribution is 5.98. The number of amides is 1. The molecular weight excluding hydrogens is 302 g/mol. The summed E-state index contributed by atoms with van der Waals surface area (Å²) in [6.45, 7) is 0. The van der Waals surface area contributed by atoms with Gasteiger partial charge in [0.25, 0.3) is 5.91 Å². The molecule has 24 heavy (non-hydrogen) atoms. The number of aromatic nitrogens is 1. The maximum Gasteiger partial charge on any atom is 0.273 e. The number of rotatable bonds is 5. The Bertz CT molecular complexity index is 855. The van der Waals surface area contributed by atoms with Crippen molar-refractivity contribution in [1.29, 1.82) is 0 Å². The quantitative estimate of drug-likeness (QED) is 0.580. The second-order valence-corrected chi connectivity index (χ2v) is 5.08. The Morgan fingerprint density at radius 1 is 1.08 bits per heavy atom. The predicted molar refractivity (Wildman–Crippen MR) is 93.8 cm³/mol. The standard InChI is InChI=1S/C19H17N3O2/c1-24-16-8-6-7-15(13-16)14-20-21-19(23)17-9-2-3-10-18(17)22-11-4-5-12-22/h2-14H,1H3,(H,21,23). The lowest BCUT2D eigenvalue weighted by Crippen LogP contribution is -2.19. The Kier molecular flexibility index (Phi) is 4.72. The van der Waals surface area contributed by atoms with Crippen LogP contribution in [0.3, 0.4) is 0 Å². The summed E-state index contributed by atoms with van der Waals surface area (Å²) in [7, 11) is 1.61. The summed E-state index contributed by atoms with van der Waals surface area (Å²) < 4.78 is 7.05. The molecule has 0 unspecified atom stereocenters. The molecule has 0 atom stereocenters. The number of nitrogens with zero attached hydrogens (tertiary/aromatic N) is 2. The van der Waals surface area contributed by atoms with Gasteiger partial charge in [0.2, 0.25) is 0 Å². The van der Waals surface area contributed by atoms with Crippen molar-refractivity contribution in [3.05, 3.63) is 84.2 Å². The highest BCUT2D eigenvalue weighted by atomic mass is 16.5. The van der Waals surface area contributed by atoms with Gasteiger partial charge in [0.05, 0.1) is 24.6 Å². The van der Waals surface area contributed by atoms with Gasteiger partial charge in [0.15, 0.2) is 0 Å². The van der Waals surface area contributed by atoms with Gasteiger partial charge in [-0.2, -0.15) is 5.10 Å². The molecule has 1 N–H and O–H groups in total. The number of methoxy groups -OCH3 is 1. The largest absolute Gasteiger partial charge is 0.497 e. The van der Waals surface area contributed by atoms with Gasteiger partial charge in [-0.15, -0.1) is 0 Å². The molecule has 3 rings (SSSR count). The van der Waals surface area contributed by atoms with Gasteiger partial charge in [-0.25, -0.2) is 5.43 Å². The summed E-state index contributed by atoms with van der Waals surface area (Å²) in [5.74, 6) is 0.474. The predicted octanol–water partition coefficient (Wildman–Crippen LogP) is 3.25. The van der Waals surface area contributed by atoms with Crippen molar-refractivity contribution >= 4 is 12.1 Å². The smallest absolute Gasteiger partial charge is 0.273 e. The number of hydrazone groups is 1. The summed E-state index contributed by atoms with van der Waals surface area (Å²) in [5, 5.41) is 4.03. The lowest BCUT2D eigenvalue weighted by molar-refractivity contribution is 0.0955. The van der Waals surface area contributed by atoms with Crippen LogP contribution in [0.15, 0.2) is 78.2 Å². The first-order chi connectivity index (χ1) is 11.8. The van der Waals surface area contributed by atoms with E-state index in [9.17, 15) is 4.79 Å². The number of hydrogen-bond donors (Lipinski definition) is 1. The maximum absolute atomic E-state index is 12.4. The van der Waals surface area contributed by atoms with Crippen LogP contribution in [-0.4, -0.2) is 23.8 Å². The van der Waals surface area contributed by atoms with Crippen molar-refractivity contribution in [1.82, 2.24) is 9.99 Å². The molecule has 5 heteroatoms. The molecule has 0 saturated heterocycles. The van der Waals surface area contributed by atoms with Gasteiger partial charge < -0.3 is 9.30 Å². The molecule has 2 aromatic carbocycles. The van der Waals surface area contributed by atoms with E-state index in [0.29, 0.717) is 5.56 Å². The zero-order valence-corrected chi connectivity index (χ0v) is 13.2. The van der Waals surface area contributed by atoms with Gasteiger partial charge in [-0.3, -0.25) is 4.79 Å². The molecule has 1 amide bonds. The Morgan fingerprint density at radius 2 is 1.88 bits per heavy atom. The number of para-hydroxylation sites is 1. The van der Waals surface area contributed by atoms with Gasteiger partial charge in [0, 0.05) is 12.4 Å². The van der Waals surface area contributed by atoms with E-state index in [2.05, 4.69) is 10.5 Å². The Balaban J connectivity index is 1.75. The van der Waals surface area contributed by atoms with Crippen LogP contribution < -0.4 is 10.2 Å². The number of nitrogens with one attached hydrogen (secondary N) is 1. The molecule has 0 fully saturated rings. The van der Waals surface area contributed by atoms with Crippen LogP contribution in [0.1, 0.15) is 15.9 Å². The van der Waals surface area contributed by atoms with E-state index in [-0.39, 0.29) is 5.91 Å².